The molecule has 1 heterocycles. The Balaban J connectivity index is 2.47. The van der Waals surface area contributed by atoms with E-state index in [-0.39, 0.29) is 18.1 Å². The van der Waals surface area contributed by atoms with Crippen molar-refractivity contribution >= 4 is 16.9 Å². The quantitative estimate of drug-likeness (QED) is 0.563. The van der Waals surface area contributed by atoms with E-state index in [1.54, 1.807) is 12.1 Å². The van der Waals surface area contributed by atoms with Crippen LogP contribution in [0.1, 0.15) is 45.8 Å². The average Bonchev–Trinajstić information content (AvgIpc) is 2.56. The third-order valence-electron chi connectivity index (χ3n) is 4.11. The predicted octanol–water partition coefficient (Wildman–Crippen LogP) is 2.56. The number of hydrogen-bond donors (Lipinski definition) is 2. The van der Waals surface area contributed by atoms with Gasteiger partial charge in [-0.3, -0.25) is 4.79 Å². The van der Waals surface area contributed by atoms with Crippen molar-refractivity contribution in [2.45, 2.75) is 51.9 Å². The first-order valence-electron chi connectivity index (χ1n) is 8.74. The predicted molar refractivity (Wildman–Crippen MR) is 99.6 cm³/mol. The zero-order chi connectivity index (χ0) is 20.4. The van der Waals surface area contributed by atoms with E-state index in [4.69, 9.17) is 13.9 Å². The van der Waals surface area contributed by atoms with Crippen LogP contribution in [0.15, 0.2) is 33.5 Å². The van der Waals surface area contributed by atoms with Crippen LogP contribution in [0, 0.1) is 5.92 Å². The first-order valence-corrected chi connectivity index (χ1v) is 8.74. The Labute approximate surface area is 157 Å². The molecule has 0 fully saturated rings. The van der Waals surface area contributed by atoms with Gasteiger partial charge in [0.15, 0.2) is 6.10 Å². The second kappa shape index (κ2) is 8.10. The summed E-state index contributed by atoms with van der Waals surface area (Å²) in [6, 6.07) is 5.88. The lowest BCUT2D eigenvalue weighted by molar-refractivity contribution is -0.177. The first-order chi connectivity index (χ1) is 12.5. The first kappa shape index (κ1) is 20.9. The summed E-state index contributed by atoms with van der Waals surface area (Å²) in [6.07, 6.45) is -2.41. The lowest BCUT2D eigenvalue weighted by Crippen LogP contribution is -2.44. The maximum absolute atomic E-state index is 12.1. The molecule has 2 atom stereocenters. The summed E-state index contributed by atoms with van der Waals surface area (Å²) in [5.41, 5.74) is -1.40. The Bertz CT molecular complexity index is 861. The lowest BCUT2D eigenvalue weighted by Gasteiger charge is -2.33. The van der Waals surface area contributed by atoms with E-state index in [1.165, 1.54) is 33.1 Å². The molecule has 1 aromatic carbocycles. The molecule has 0 aliphatic rings. The van der Waals surface area contributed by atoms with E-state index in [2.05, 4.69) is 0 Å². The second-order valence-electron chi connectivity index (χ2n) is 7.49. The molecule has 7 nitrogen and oxygen atoms in total. The number of carbonyl (C=O) groups excluding carboxylic acids is 1. The van der Waals surface area contributed by atoms with Gasteiger partial charge in [0.25, 0.3) is 0 Å². The van der Waals surface area contributed by atoms with Crippen LogP contribution in [0.5, 0.6) is 5.75 Å². The molecule has 2 N–H and O–H groups in total. The largest absolute Gasteiger partial charge is 0.496 e. The molecule has 2 rings (SSSR count). The van der Waals surface area contributed by atoms with Crippen LogP contribution in [0.2, 0.25) is 0 Å². The van der Waals surface area contributed by atoms with Crippen molar-refractivity contribution in [1.82, 2.24) is 0 Å². The summed E-state index contributed by atoms with van der Waals surface area (Å²) < 4.78 is 15.8. The van der Waals surface area contributed by atoms with Gasteiger partial charge >= 0.3 is 11.6 Å². The second-order valence-corrected chi connectivity index (χ2v) is 7.49. The number of aliphatic hydroxyl groups is 2. The van der Waals surface area contributed by atoms with Gasteiger partial charge in [0.1, 0.15) is 17.4 Å². The molecule has 7 heteroatoms. The number of hydrogen-bond acceptors (Lipinski definition) is 7. The van der Waals surface area contributed by atoms with Crippen molar-refractivity contribution in [3.8, 4) is 5.75 Å². The lowest BCUT2D eigenvalue weighted by atomic mass is 9.91. The van der Waals surface area contributed by atoms with Crippen molar-refractivity contribution < 1.29 is 28.9 Å². The molecule has 27 heavy (non-hydrogen) atoms. The van der Waals surface area contributed by atoms with Gasteiger partial charge in [-0.05, 0) is 31.9 Å². The van der Waals surface area contributed by atoms with Crippen molar-refractivity contribution in [2.24, 2.45) is 5.92 Å². The molecular formula is C20H26O7. The van der Waals surface area contributed by atoms with Crippen LogP contribution >= 0.6 is 0 Å². The molecule has 0 saturated carbocycles. The maximum atomic E-state index is 12.1. The zero-order valence-corrected chi connectivity index (χ0v) is 16.2. The maximum Gasteiger partial charge on any atom is 0.336 e. The fourth-order valence-corrected chi connectivity index (χ4v) is 2.80. The summed E-state index contributed by atoms with van der Waals surface area (Å²) in [7, 11) is 1.41. The fraction of sp³-hybridized carbons (Fsp3) is 0.500. The van der Waals surface area contributed by atoms with Gasteiger partial charge in [0.05, 0.1) is 12.7 Å². The highest BCUT2D eigenvalue weighted by molar-refractivity contribution is 5.79. The van der Waals surface area contributed by atoms with Crippen molar-refractivity contribution in [2.75, 3.05) is 7.11 Å². The van der Waals surface area contributed by atoms with Gasteiger partial charge in [0.2, 0.25) is 0 Å². The minimum atomic E-state index is -1.50. The molecule has 148 valence electrons. The molecule has 0 radical (unpaired) electrons. The van der Waals surface area contributed by atoms with E-state index < -0.39 is 29.4 Å². The molecule has 2 aromatic rings. The summed E-state index contributed by atoms with van der Waals surface area (Å²) >= 11 is 0. The van der Waals surface area contributed by atoms with Gasteiger partial charge in [-0.1, -0.05) is 13.8 Å². The molecule has 0 amide bonds. The van der Waals surface area contributed by atoms with Gasteiger partial charge in [-0.25, -0.2) is 4.79 Å². The van der Waals surface area contributed by atoms with Crippen LogP contribution in [-0.2, 0) is 9.53 Å². The van der Waals surface area contributed by atoms with E-state index >= 15 is 0 Å². The fourth-order valence-electron chi connectivity index (χ4n) is 2.80. The summed E-state index contributed by atoms with van der Waals surface area (Å²) in [5, 5.41) is 21.9. The van der Waals surface area contributed by atoms with Crippen LogP contribution in [-0.4, -0.2) is 35.0 Å². The molecule has 0 aliphatic carbocycles. The summed E-state index contributed by atoms with van der Waals surface area (Å²) in [6.45, 7) is 6.65. The smallest absolute Gasteiger partial charge is 0.336 e. The zero-order valence-electron chi connectivity index (χ0n) is 16.2. The van der Waals surface area contributed by atoms with Crippen LogP contribution in [0.25, 0.3) is 11.0 Å². The number of benzene rings is 1. The van der Waals surface area contributed by atoms with E-state index in [9.17, 15) is 19.8 Å². The highest BCUT2D eigenvalue weighted by Gasteiger charge is 2.39. The topological polar surface area (TPSA) is 106 Å². The highest BCUT2D eigenvalue weighted by Crippen LogP contribution is 2.35. The van der Waals surface area contributed by atoms with E-state index in [0.717, 1.165) is 0 Å². The molecule has 0 bridgehead atoms. The standard InChI is InChI=1S/C20H26O7/c1-11(2)8-17(22)27-19(20(3,4)24)18(23)13-9-12-6-7-16(21)26-14(12)10-15(13)25-5/h6-7,9-11,18-19,23-24H,8H2,1-5H3/t18-,19-/m1/s1. The molecule has 0 saturated heterocycles. The summed E-state index contributed by atoms with van der Waals surface area (Å²) in [5.74, 6) is -0.185. The minimum Gasteiger partial charge on any atom is -0.496 e. The molecule has 1 aromatic heterocycles. The number of ether oxygens (including phenoxy) is 2. The van der Waals surface area contributed by atoms with Crippen LogP contribution < -0.4 is 10.4 Å². The number of esters is 1. The van der Waals surface area contributed by atoms with Gasteiger partial charge < -0.3 is 24.1 Å². The number of fused-ring (bicyclic) bond motifs is 1. The third kappa shape index (κ3) is 5.08. The number of carbonyl (C=O) groups is 1. The van der Waals surface area contributed by atoms with E-state index in [0.29, 0.717) is 16.5 Å². The van der Waals surface area contributed by atoms with Crippen molar-refractivity contribution in [3.63, 3.8) is 0 Å². The number of rotatable bonds is 7. The highest BCUT2D eigenvalue weighted by atomic mass is 16.6. The molecule has 0 spiro atoms. The van der Waals surface area contributed by atoms with Crippen molar-refractivity contribution in [3.05, 3.63) is 40.2 Å². The Hall–Kier alpha value is -2.38. The Morgan fingerprint density at radius 2 is 1.93 bits per heavy atom. The van der Waals surface area contributed by atoms with Gasteiger partial charge in [-0.15, -0.1) is 0 Å². The van der Waals surface area contributed by atoms with E-state index in [1.807, 2.05) is 13.8 Å². The molecular weight excluding hydrogens is 352 g/mol. The normalized spacial score (nSPS) is 14.2. The SMILES string of the molecule is COc1cc2oc(=O)ccc2cc1[C@@H](O)[C@@H](OC(=O)CC(C)C)C(C)(C)O. The van der Waals surface area contributed by atoms with Crippen LogP contribution in [0.4, 0.5) is 0 Å². The average molecular weight is 378 g/mol. The summed E-state index contributed by atoms with van der Waals surface area (Å²) in [4.78, 5) is 23.5. The Kier molecular flexibility index (Phi) is 6.28. The number of methoxy groups -OCH3 is 1. The Morgan fingerprint density at radius 1 is 1.26 bits per heavy atom. The monoisotopic (exact) mass is 378 g/mol. The molecule has 0 unspecified atom stereocenters. The minimum absolute atomic E-state index is 0.0789. The third-order valence-corrected chi connectivity index (χ3v) is 4.11. The number of aliphatic hydroxyl groups excluding tert-OH is 1. The molecule has 0 aliphatic heterocycles. The van der Waals surface area contributed by atoms with Gasteiger partial charge in [-0.2, -0.15) is 0 Å². The van der Waals surface area contributed by atoms with Gasteiger partial charge in [0, 0.05) is 29.5 Å². The van der Waals surface area contributed by atoms with Crippen LogP contribution in [0.3, 0.4) is 0 Å². The Morgan fingerprint density at radius 3 is 2.48 bits per heavy atom. The van der Waals surface area contributed by atoms with Crippen molar-refractivity contribution in [1.29, 1.82) is 0 Å².